The molecule has 6 heteroatoms. The van der Waals surface area contributed by atoms with Crippen molar-refractivity contribution in [2.45, 2.75) is 44.6 Å². The van der Waals surface area contributed by atoms with Crippen molar-refractivity contribution in [3.63, 3.8) is 0 Å². The highest BCUT2D eigenvalue weighted by Crippen LogP contribution is 2.58. The third kappa shape index (κ3) is 2.97. The van der Waals surface area contributed by atoms with Crippen LogP contribution >= 0.6 is 0 Å². The third-order valence-corrected chi connectivity index (χ3v) is 5.79. The minimum Gasteiger partial charge on any atom is -0.335 e. The average molecular weight is 328 g/mol. The van der Waals surface area contributed by atoms with E-state index in [1.165, 1.54) is 12.8 Å². The maximum Gasteiger partial charge on any atom is 0.317 e. The number of pyridine rings is 1. The van der Waals surface area contributed by atoms with E-state index >= 15 is 0 Å². The molecule has 6 nitrogen and oxygen atoms in total. The van der Waals surface area contributed by atoms with Crippen LogP contribution in [0.5, 0.6) is 0 Å². The summed E-state index contributed by atoms with van der Waals surface area (Å²) in [7, 11) is 0. The van der Waals surface area contributed by atoms with Crippen molar-refractivity contribution < 1.29 is 9.59 Å². The molecule has 3 aliphatic rings. The van der Waals surface area contributed by atoms with Gasteiger partial charge in [-0.25, -0.2) is 4.79 Å². The molecular weight excluding hydrogens is 304 g/mol. The van der Waals surface area contributed by atoms with Crippen LogP contribution in [0.15, 0.2) is 24.5 Å². The summed E-state index contributed by atoms with van der Waals surface area (Å²) in [4.78, 5) is 30.7. The third-order valence-electron chi connectivity index (χ3n) is 5.79. The first-order valence-corrected chi connectivity index (χ1v) is 8.93. The molecule has 1 aromatic rings. The van der Waals surface area contributed by atoms with Crippen molar-refractivity contribution in [1.29, 1.82) is 0 Å². The maximum absolute atomic E-state index is 12.4. The molecule has 2 saturated carbocycles. The standard InChI is InChI=1S/C18H24N4O2/c23-16(20-14-6-3-8-19-11-14)15-10-18(15)7-9-22(12-18)17(24)21-13-4-1-2-5-13/h3,6,8,11,13,15H,1-2,4-5,7,9-10,12H2,(H,20,23)(H,21,24)/t15-,18+/m1/s1. The Morgan fingerprint density at radius 2 is 2.12 bits per heavy atom. The van der Waals surface area contributed by atoms with E-state index in [0.29, 0.717) is 12.6 Å². The minimum absolute atomic E-state index is 0.000686. The van der Waals surface area contributed by atoms with Crippen LogP contribution < -0.4 is 10.6 Å². The van der Waals surface area contributed by atoms with Gasteiger partial charge in [0.1, 0.15) is 0 Å². The molecule has 24 heavy (non-hydrogen) atoms. The number of hydrogen-bond donors (Lipinski definition) is 2. The lowest BCUT2D eigenvalue weighted by molar-refractivity contribution is -0.118. The van der Waals surface area contributed by atoms with E-state index in [0.717, 1.165) is 37.9 Å². The van der Waals surface area contributed by atoms with E-state index in [9.17, 15) is 9.59 Å². The number of amides is 3. The van der Waals surface area contributed by atoms with Crippen LogP contribution in [0.4, 0.5) is 10.5 Å². The molecular formula is C18H24N4O2. The fourth-order valence-corrected chi connectivity index (χ4v) is 4.24. The zero-order valence-corrected chi connectivity index (χ0v) is 13.8. The molecule has 3 fully saturated rings. The van der Waals surface area contributed by atoms with Gasteiger partial charge in [-0.3, -0.25) is 9.78 Å². The molecule has 1 saturated heterocycles. The molecule has 1 spiro atoms. The summed E-state index contributed by atoms with van der Waals surface area (Å²) >= 11 is 0. The number of anilines is 1. The Hall–Kier alpha value is -2.11. The highest BCUT2D eigenvalue weighted by Gasteiger charge is 2.61. The van der Waals surface area contributed by atoms with Crippen LogP contribution in [0.25, 0.3) is 0 Å². The first-order chi connectivity index (χ1) is 11.7. The van der Waals surface area contributed by atoms with E-state index in [1.54, 1.807) is 12.4 Å². The first kappa shape index (κ1) is 15.4. The Bertz CT molecular complexity index is 629. The summed E-state index contributed by atoms with van der Waals surface area (Å²) in [5.74, 6) is 0.0723. The second-order valence-electron chi connectivity index (χ2n) is 7.45. The van der Waals surface area contributed by atoms with Crippen molar-refractivity contribution in [3.8, 4) is 0 Å². The minimum atomic E-state index is -0.000686. The van der Waals surface area contributed by atoms with Gasteiger partial charge < -0.3 is 15.5 Å². The lowest BCUT2D eigenvalue weighted by atomic mass is 10.0. The van der Waals surface area contributed by atoms with E-state index in [1.807, 2.05) is 17.0 Å². The fourth-order valence-electron chi connectivity index (χ4n) is 4.24. The number of hydrogen-bond acceptors (Lipinski definition) is 3. The van der Waals surface area contributed by atoms with Crippen LogP contribution in [-0.2, 0) is 4.79 Å². The van der Waals surface area contributed by atoms with Crippen LogP contribution in [0, 0.1) is 11.3 Å². The Kier molecular flexibility index (Phi) is 3.90. The quantitative estimate of drug-likeness (QED) is 0.894. The van der Waals surface area contributed by atoms with Crippen molar-refractivity contribution in [1.82, 2.24) is 15.2 Å². The first-order valence-electron chi connectivity index (χ1n) is 8.93. The van der Waals surface area contributed by atoms with E-state index in [4.69, 9.17) is 0 Å². The fraction of sp³-hybridized carbons (Fsp3) is 0.611. The van der Waals surface area contributed by atoms with Crippen LogP contribution in [0.3, 0.4) is 0 Å². The van der Waals surface area contributed by atoms with Gasteiger partial charge in [-0.05, 0) is 37.8 Å². The number of carbonyl (C=O) groups excluding carboxylic acids is 2. The van der Waals surface area contributed by atoms with Gasteiger partial charge in [-0.15, -0.1) is 0 Å². The van der Waals surface area contributed by atoms with Crippen molar-refractivity contribution in [3.05, 3.63) is 24.5 Å². The van der Waals surface area contributed by atoms with E-state index in [-0.39, 0.29) is 23.3 Å². The number of aromatic nitrogens is 1. The molecule has 128 valence electrons. The molecule has 2 aliphatic carbocycles. The zero-order chi connectivity index (χ0) is 16.6. The van der Waals surface area contributed by atoms with Gasteiger partial charge >= 0.3 is 6.03 Å². The Morgan fingerprint density at radius 3 is 2.88 bits per heavy atom. The average Bonchev–Trinajstić information content (AvgIpc) is 2.90. The molecule has 2 atom stereocenters. The lowest BCUT2D eigenvalue weighted by Crippen LogP contribution is -2.43. The summed E-state index contributed by atoms with van der Waals surface area (Å²) in [6, 6.07) is 4.05. The number of nitrogens with one attached hydrogen (secondary N) is 2. The van der Waals surface area contributed by atoms with Gasteiger partial charge in [0.15, 0.2) is 0 Å². The van der Waals surface area contributed by atoms with E-state index < -0.39 is 0 Å². The molecule has 1 aliphatic heterocycles. The number of carbonyl (C=O) groups is 2. The summed E-state index contributed by atoms with van der Waals surface area (Å²) < 4.78 is 0. The van der Waals surface area contributed by atoms with Gasteiger partial charge in [0.25, 0.3) is 0 Å². The maximum atomic E-state index is 12.4. The van der Waals surface area contributed by atoms with Crippen LogP contribution in [-0.4, -0.2) is 41.0 Å². The molecule has 4 rings (SSSR count). The van der Waals surface area contributed by atoms with Crippen molar-refractivity contribution in [2.75, 3.05) is 18.4 Å². The van der Waals surface area contributed by atoms with Gasteiger partial charge in [0.2, 0.25) is 5.91 Å². The van der Waals surface area contributed by atoms with Gasteiger partial charge in [-0.2, -0.15) is 0 Å². The Balaban J connectivity index is 1.30. The topological polar surface area (TPSA) is 74.3 Å². The molecule has 0 unspecified atom stereocenters. The van der Waals surface area contributed by atoms with Crippen molar-refractivity contribution in [2.24, 2.45) is 11.3 Å². The highest BCUT2D eigenvalue weighted by molar-refractivity contribution is 5.95. The lowest BCUT2D eigenvalue weighted by Gasteiger charge is -2.20. The molecule has 0 aromatic carbocycles. The number of nitrogens with zero attached hydrogens (tertiary/aromatic N) is 2. The summed E-state index contributed by atoms with van der Waals surface area (Å²) in [5, 5.41) is 6.09. The van der Waals surface area contributed by atoms with E-state index in [2.05, 4.69) is 15.6 Å². The number of rotatable bonds is 3. The second kappa shape index (κ2) is 6.07. The molecule has 0 radical (unpaired) electrons. The molecule has 2 heterocycles. The zero-order valence-electron chi connectivity index (χ0n) is 13.8. The molecule has 3 amide bonds. The summed E-state index contributed by atoms with van der Waals surface area (Å²) in [6.45, 7) is 1.46. The predicted molar refractivity (Wildman–Crippen MR) is 90.4 cm³/mol. The number of likely N-dealkylation sites (tertiary alicyclic amines) is 1. The highest BCUT2D eigenvalue weighted by atomic mass is 16.2. The second-order valence-corrected chi connectivity index (χ2v) is 7.45. The molecule has 1 aromatic heterocycles. The summed E-state index contributed by atoms with van der Waals surface area (Å²) in [6.07, 6.45) is 9.77. The summed E-state index contributed by atoms with van der Waals surface area (Å²) in [5.41, 5.74) is 0.734. The predicted octanol–water partition coefficient (Wildman–Crippen LogP) is 2.38. The number of urea groups is 1. The Labute approximate surface area is 142 Å². The van der Waals surface area contributed by atoms with Gasteiger partial charge in [0.05, 0.1) is 11.9 Å². The monoisotopic (exact) mass is 328 g/mol. The molecule has 2 N–H and O–H groups in total. The van der Waals surface area contributed by atoms with Crippen LogP contribution in [0.2, 0.25) is 0 Å². The van der Waals surface area contributed by atoms with Gasteiger partial charge in [-0.1, -0.05) is 12.8 Å². The Morgan fingerprint density at radius 1 is 1.29 bits per heavy atom. The normalized spacial score (nSPS) is 29.0. The SMILES string of the molecule is O=C(Nc1cccnc1)[C@H]1C[C@]12CCN(C(=O)NC1CCCC1)C2. The smallest absolute Gasteiger partial charge is 0.317 e. The largest absolute Gasteiger partial charge is 0.335 e. The van der Waals surface area contributed by atoms with Crippen LogP contribution in [0.1, 0.15) is 38.5 Å². The van der Waals surface area contributed by atoms with Crippen molar-refractivity contribution >= 4 is 17.6 Å². The molecule has 0 bridgehead atoms. The van der Waals surface area contributed by atoms with Gasteiger partial charge in [0, 0.05) is 36.7 Å².